The van der Waals surface area contributed by atoms with Crippen LogP contribution < -0.4 is 0 Å². The molecule has 0 aromatic rings. The molecule has 0 spiro atoms. The van der Waals surface area contributed by atoms with Crippen molar-refractivity contribution in [2.45, 2.75) is 32.1 Å². The predicted octanol–water partition coefficient (Wildman–Crippen LogP) is -0.0629. The first kappa shape index (κ1) is 16.1. The normalized spacial score (nSPS) is 14.6. The van der Waals surface area contributed by atoms with E-state index in [0.717, 1.165) is 4.90 Å². The lowest BCUT2D eigenvalue weighted by molar-refractivity contribution is -0.142. The van der Waals surface area contributed by atoms with Gasteiger partial charge in [-0.05, 0) is 6.42 Å². The van der Waals surface area contributed by atoms with Crippen molar-refractivity contribution in [2.75, 3.05) is 27.2 Å². The SMILES string of the molecule is COC(=O)CCCN(C)C(=O)CCN1C(=O)CCC1=O. The minimum Gasteiger partial charge on any atom is -0.469 e. The molecule has 0 radical (unpaired) electrons. The highest BCUT2D eigenvalue weighted by molar-refractivity contribution is 6.02. The number of esters is 1. The molecule has 7 nitrogen and oxygen atoms in total. The molecule has 1 aliphatic rings. The van der Waals surface area contributed by atoms with E-state index in [9.17, 15) is 19.2 Å². The van der Waals surface area contributed by atoms with E-state index < -0.39 is 0 Å². The number of hydrogen-bond acceptors (Lipinski definition) is 5. The Morgan fingerprint density at radius 2 is 1.80 bits per heavy atom. The van der Waals surface area contributed by atoms with Crippen molar-refractivity contribution < 1.29 is 23.9 Å². The van der Waals surface area contributed by atoms with Crippen LogP contribution in [-0.4, -0.2) is 60.7 Å². The van der Waals surface area contributed by atoms with Crippen molar-refractivity contribution >= 4 is 23.7 Å². The number of carbonyl (C=O) groups excluding carboxylic acids is 4. The first-order valence-corrected chi connectivity index (χ1v) is 6.59. The second-order valence-electron chi connectivity index (χ2n) is 4.68. The average Bonchev–Trinajstić information content (AvgIpc) is 2.75. The van der Waals surface area contributed by atoms with Gasteiger partial charge in [0, 0.05) is 45.8 Å². The van der Waals surface area contributed by atoms with Gasteiger partial charge in [0.15, 0.2) is 0 Å². The summed E-state index contributed by atoms with van der Waals surface area (Å²) >= 11 is 0. The van der Waals surface area contributed by atoms with Crippen molar-refractivity contribution in [3.63, 3.8) is 0 Å². The van der Waals surface area contributed by atoms with Gasteiger partial charge in [-0.3, -0.25) is 24.1 Å². The molecule has 1 fully saturated rings. The van der Waals surface area contributed by atoms with Crippen molar-refractivity contribution in [1.82, 2.24) is 9.80 Å². The van der Waals surface area contributed by atoms with Crippen LogP contribution in [0.4, 0.5) is 0 Å². The third kappa shape index (κ3) is 4.64. The molecule has 1 aliphatic heterocycles. The second kappa shape index (κ2) is 7.62. The lowest BCUT2D eigenvalue weighted by atomic mass is 10.2. The third-order valence-electron chi connectivity index (χ3n) is 3.23. The van der Waals surface area contributed by atoms with Crippen LogP contribution in [0.3, 0.4) is 0 Å². The van der Waals surface area contributed by atoms with Crippen LogP contribution >= 0.6 is 0 Å². The number of imide groups is 1. The first-order valence-electron chi connectivity index (χ1n) is 6.59. The molecule has 0 atom stereocenters. The number of hydrogen-bond donors (Lipinski definition) is 0. The molecule has 0 bridgehead atoms. The number of ether oxygens (including phenoxy) is 1. The van der Waals surface area contributed by atoms with Crippen molar-refractivity contribution in [2.24, 2.45) is 0 Å². The Hall–Kier alpha value is -1.92. The standard InChI is InChI=1S/C13H20N2O5/c1-14(8-3-4-13(19)20-2)10(16)7-9-15-11(17)5-6-12(15)18/h3-9H2,1-2H3. The average molecular weight is 284 g/mol. The van der Waals surface area contributed by atoms with Crippen molar-refractivity contribution in [3.8, 4) is 0 Å². The summed E-state index contributed by atoms with van der Waals surface area (Å²) in [6.07, 6.45) is 1.38. The number of methoxy groups -OCH3 is 1. The van der Waals surface area contributed by atoms with Crippen LogP contribution in [0.5, 0.6) is 0 Å². The molecule has 0 N–H and O–H groups in total. The van der Waals surface area contributed by atoms with E-state index in [-0.39, 0.29) is 55.9 Å². The lowest BCUT2D eigenvalue weighted by Gasteiger charge is -2.19. The molecule has 112 valence electrons. The van der Waals surface area contributed by atoms with Gasteiger partial charge in [-0.25, -0.2) is 0 Å². The highest BCUT2D eigenvalue weighted by Gasteiger charge is 2.29. The number of nitrogens with zero attached hydrogens (tertiary/aromatic N) is 2. The third-order valence-corrected chi connectivity index (χ3v) is 3.23. The van der Waals surface area contributed by atoms with Crippen LogP contribution in [0.2, 0.25) is 0 Å². The van der Waals surface area contributed by atoms with Crippen LogP contribution in [0.1, 0.15) is 32.1 Å². The highest BCUT2D eigenvalue weighted by Crippen LogP contribution is 2.12. The highest BCUT2D eigenvalue weighted by atomic mass is 16.5. The topological polar surface area (TPSA) is 84.0 Å². The van der Waals surface area contributed by atoms with E-state index in [2.05, 4.69) is 4.74 Å². The predicted molar refractivity (Wildman–Crippen MR) is 69.5 cm³/mol. The molecule has 1 rings (SSSR count). The van der Waals surface area contributed by atoms with Gasteiger partial charge in [0.25, 0.3) is 0 Å². The van der Waals surface area contributed by atoms with Crippen LogP contribution in [-0.2, 0) is 23.9 Å². The van der Waals surface area contributed by atoms with Crippen molar-refractivity contribution in [1.29, 1.82) is 0 Å². The molecule has 1 saturated heterocycles. The van der Waals surface area contributed by atoms with E-state index in [1.165, 1.54) is 12.0 Å². The molecule has 0 aromatic carbocycles. The Balaban J connectivity index is 2.26. The lowest BCUT2D eigenvalue weighted by Crippen LogP contribution is -2.35. The molecule has 0 saturated carbocycles. The number of amides is 3. The quantitative estimate of drug-likeness (QED) is 0.483. The Labute approximate surface area is 117 Å². The van der Waals surface area contributed by atoms with E-state index in [1.807, 2.05) is 0 Å². The summed E-state index contributed by atoms with van der Waals surface area (Å²) < 4.78 is 4.51. The second-order valence-corrected chi connectivity index (χ2v) is 4.68. The van der Waals surface area contributed by atoms with Gasteiger partial charge in [0.05, 0.1) is 7.11 Å². The number of likely N-dealkylation sites (tertiary alicyclic amines) is 1. The maximum absolute atomic E-state index is 11.8. The van der Waals surface area contributed by atoms with Gasteiger partial charge in [-0.1, -0.05) is 0 Å². The molecule has 3 amide bonds. The molecule has 0 aromatic heterocycles. The first-order chi connectivity index (χ1) is 9.45. The Morgan fingerprint density at radius 1 is 1.20 bits per heavy atom. The summed E-state index contributed by atoms with van der Waals surface area (Å²) in [5, 5.41) is 0. The summed E-state index contributed by atoms with van der Waals surface area (Å²) in [7, 11) is 2.95. The maximum atomic E-state index is 11.8. The minimum atomic E-state index is -0.306. The number of rotatable bonds is 7. The van der Waals surface area contributed by atoms with Gasteiger partial charge in [0.1, 0.15) is 0 Å². The smallest absolute Gasteiger partial charge is 0.305 e. The fraction of sp³-hybridized carbons (Fsp3) is 0.692. The molecule has 7 heteroatoms. The zero-order valence-corrected chi connectivity index (χ0v) is 11.9. The van der Waals surface area contributed by atoms with Crippen LogP contribution in [0.25, 0.3) is 0 Å². The maximum Gasteiger partial charge on any atom is 0.305 e. The summed E-state index contributed by atoms with van der Waals surface area (Å²) in [5.74, 6) is -0.881. The van der Waals surface area contributed by atoms with E-state index in [1.54, 1.807) is 7.05 Å². The van der Waals surface area contributed by atoms with Gasteiger partial charge in [-0.2, -0.15) is 0 Å². The van der Waals surface area contributed by atoms with Crippen molar-refractivity contribution in [3.05, 3.63) is 0 Å². The summed E-state index contributed by atoms with van der Waals surface area (Å²) in [5.41, 5.74) is 0. The van der Waals surface area contributed by atoms with Gasteiger partial charge >= 0.3 is 5.97 Å². The van der Waals surface area contributed by atoms with Crippen LogP contribution in [0, 0.1) is 0 Å². The van der Waals surface area contributed by atoms with E-state index in [4.69, 9.17) is 0 Å². The zero-order chi connectivity index (χ0) is 15.1. The molecular weight excluding hydrogens is 264 g/mol. The number of carbonyl (C=O) groups is 4. The van der Waals surface area contributed by atoms with Gasteiger partial charge in [0.2, 0.25) is 17.7 Å². The molecule has 0 unspecified atom stereocenters. The Morgan fingerprint density at radius 3 is 2.35 bits per heavy atom. The largest absolute Gasteiger partial charge is 0.469 e. The summed E-state index contributed by atoms with van der Waals surface area (Å²) in [6.45, 7) is 0.577. The molecular formula is C13H20N2O5. The van der Waals surface area contributed by atoms with E-state index >= 15 is 0 Å². The fourth-order valence-electron chi connectivity index (χ4n) is 1.96. The fourth-order valence-corrected chi connectivity index (χ4v) is 1.96. The van der Waals surface area contributed by atoms with Gasteiger partial charge < -0.3 is 9.64 Å². The van der Waals surface area contributed by atoms with E-state index in [0.29, 0.717) is 13.0 Å². The van der Waals surface area contributed by atoms with Crippen LogP contribution in [0.15, 0.2) is 0 Å². The zero-order valence-electron chi connectivity index (χ0n) is 11.9. The molecule has 0 aliphatic carbocycles. The summed E-state index contributed by atoms with van der Waals surface area (Å²) in [6, 6.07) is 0. The molecule has 20 heavy (non-hydrogen) atoms. The van der Waals surface area contributed by atoms with Gasteiger partial charge in [-0.15, -0.1) is 0 Å². The Kier molecular flexibility index (Phi) is 6.14. The Bertz CT molecular complexity index is 392. The molecule has 1 heterocycles. The minimum absolute atomic E-state index is 0.117. The monoisotopic (exact) mass is 284 g/mol. The summed E-state index contributed by atoms with van der Waals surface area (Å²) in [4.78, 5) is 48.1.